The molecule has 0 N–H and O–H groups in total. The van der Waals surface area contributed by atoms with Gasteiger partial charge in [0.05, 0.1) is 5.02 Å². The Hall–Kier alpha value is -0.280. The highest BCUT2D eigenvalue weighted by Crippen LogP contribution is 2.31. The number of rotatable bonds is 4. The Morgan fingerprint density at radius 2 is 2.44 bits per heavy atom. The number of aromatic nitrogens is 1. The minimum atomic E-state index is 0.616. The largest absolute Gasteiger partial charge is 0.352 e. The highest BCUT2D eigenvalue weighted by molar-refractivity contribution is 9.09. The van der Waals surface area contributed by atoms with Crippen molar-refractivity contribution in [1.29, 1.82) is 0 Å². The van der Waals surface area contributed by atoms with E-state index in [0.29, 0.717) is 6.04 Å². The third-order valence-corrected chi connectivity index (χ3v) is 3.91. The van der Waals surface area contributed by atoms with Crippen molar-refractivity contribution in [2.75, 3.05) is 16.8 Å². The summed E-state index contributed by atoms with van der Waals surface area (Å²) in [5, 5.41) is 1.85. The Labute approximate surface area is 110 Å². The van der Waals surface area contributed by atoms with Crippen molar-refractivity contribution >= 4 is 33.3 Å². The lowest BCUT2D eigenvalue weighted by Gasteiger charge is -2.26. The van der Waals surface area contributed by atoms with Crippen molar-refractivity contribution in [3.05, 3.63) is 23.4 Å². The van der Waals surface area contributed by atoms with Crippen LogP contribution < -0.4 is 4.90 Å². The van der Waals surface area contributed by atoms with Crippen LogP contribution in [0.25, 0.3) is 0 Å². The number of halogens is 2. The van der Waals surface area contributed by atoms with Crippen molar-refractivity contribution in [3.63, 3.8) is 0 Å². The van der Waals surface area contributed by atoms with Crippen LogP contribution in [0.3, 0.4) is 0 Å². The molecule has 1 aromatic rings. The molecule has 1 unspecified atom stereocenters. The third-order valence-electron chi connectivity index (χ3n) is 3.06. The Morgan fingerprint density at radius 1 is 1.56 bits per heavy atom. The van der Waals surface area contributed by atoms with Crippen LogP contribution >= 0.6 is 27.5 Å². The van der Waals surface area contributed by atoms with Crippen LogP contribution in [0.5, 0.6) is 0 Å². The van der Waals surface area contributed by atoms with Crippen LogP contribution in [-0.4, -0.2) is 22.9 Å². The molecule has 0 aliphatic carbocycles. The molecule has 1 fully saturated rings. The molecule has 2 heterocycles. The molecule has 0 radical (unpaired) electrons. The lowest BCUT2D eigenvalue weighted by molar-refractivity contribution is 0.600. The lowest BCUT2D eigenvalue weighted by atomic mass is 10.1. The third kappa shape index (κ3) is 2.69. The van der Waals surface area contributed by atoms with Gasteiger partial charge in [0, 0.05) is 24.1 Å². The summed E-state index contributed by atoms with van der Waals surface area (Å²) in [5.41, 5.74) is 0. The van der Waals surface area contributed by atoms with E-state index in [1.54, 1.807) is 0 Å². The summed E-state index contributed by atoms with van der Waals surface area (Å²) in [6.07, 6.45) is 6.77. The van der Waals surface area contributed by atoms with E-state index in [9.17, 15) is 0 Å². The van der Waals surface area contributed by atoms with Gasteiger partial charge in [-0.2, -0.15) is 0 Å². The van der Waals surface area contributed by atoms with Crippen molar-refractivity contribution < 1.29 is 0 Å². The standard InChI is InChI=1S/C12H16BrClN2/c13-7-1-4-10-5-3-9-16(10)12-11(14)6-2-8-15-12/h2,6,8,10H,1,3-5,7,9H2. The topological polar surface area (TPSA) is 16.1 Å². The summed E-state index contributed by atoms with van der Waals surface area (Å²) < 4.78 is 0. The normalized spacial score (nSPS) is 20.4. The maximum Gasteiger partial charge on any atom is 0.147 e. The van der Waals surface area contributed by atoms with Gasteiger partial charge in [-0.1, -0.05) is 27.5 Å². The average Bonchev–Trinajstić information content (AvgIpc) is 2.75. The van der Waals surface area contributed by atoms with E-state index >= 15 is 0 Å². The second-order valence-corrected chi connectivity index (χ2v) is 5.33. The Kier molecular flexibility index (Phi) is 4.47. The van der Waals surface area contributed by atoms with Crippen LogP contribution in [0.15, 0.2) is 18.3 Å². The van der Waals surface area contributed by atoms with Crippen molar-refractivity contribution in [2.45, 2.75) is 31.7 Å². The van der Waals surface area contributed by atoms with Crippen molar-refractivity contribution in [1.82, 2.24) is 4.98 Å². The lowest BCUT2D eigenvalue weighted by Crippen LogP contribution is -2.30. The van der Waals surface area contributed by atoms with Gasteiger partial charge >= 0.3 is 0 Å². The zero-order chi connectivity index (χ0) is 11.4. The van der Waals surface area contributed by atoms with Crippen LogP contribution in [0.4, 0.5) is 5.82 Å². The molecular formula is C12H16BrClN2. The van der Waals surface area contributed by atoms with Gasteiger partial charge in [-0.15, -0.1) is 0 Å². The molecular weight excluding hydrogens is 288 g/mol. The minimum Gasteiger partial charge on any atom is -0.352 e. The fraction of sp³-hybridized carbons (Fsp3) is 0.583. The van der Waals surface area contributed by atoms with E-state index in [-0.39, 0.29) is 0 Å². The molecule has 1 saturated heterocycles. The first-order valence-corrected chi connectivity index (χ1v) is 7.26. The molecule has 2 nitrogen and oxygen atoms in total. The summed E-state index contributed by atoms with van der Waals surface area (Å²) in [4.78, 5) is 6.77. The summed E-state index contributed by atoms with van der Waals surface area (Å²) in [7, 11) is 0. The van der Waals surface area contributed by atoms with Gasteiger partial charge < -0.3 is 4.90 Å². The van der Waals surface area contributed by atoms with E-state index < -0.39 is 0 Å². The smallest absolute Gasteiger partial charge is 0.147 e. The minimum absolute atomic E-state index is 0.616. The maximum absolute atomic E-state index is 6.19. The van der Waals surface area contributed by atoms with E-state index in [1.165, 1.54) is 25.7 Å². The first kappa shape index (κ1) is 12.2. The summed E-state index contributed by atoms with van der Waals surface area (Å²) >= 11 is 9.68. The molecule has 16 heavy (non-hydrogen) atoms. The van der Waals surface area contributed by atoms with Gasteiger partial charge in [0.15, 0.2) is 0 Å². The van der Waals surface area contributed by atoms with Crippen molar-refractivity contribution in [2.24, 2.45) is 0 Å². The Bertz CT molecular complexity index is 346. The average molecular weight is 304 g/mol. The first-order valence-electron chi connectivity index (χ1n) is 5.76. The van der Waals surface area contributed by atoms with Crippen LogP contribution in [-0.2, 0) is 0 Å². The van der Waals surface area contributed by atoms with Gasteiger partial charge in [-0.05, 0) is 37.8 Å². The molecule has 4 heteroatoms. The molecule has 1 aliphatic heterocycles. The predicted octanol–water partition coefficient (Wildman–Crippen LogP) is 3.88. The zero-order valence-corrected chi connectivity index (χ0v) is 11.5. The number of nitrogens with zero attached hydrogens (tertiary/aromatic N) is 2. The van der Waals surface area contributed by atoms with E-state index in [0.717, 1.165) is 22.7 Å². The Balaban J connectivity index is 2.10. The molecule has 0 aromatic carbocycles. The van der Waals surface area contributed by atoms with Gasteiger partial charge in [0.2, 0.25) is 0 Å². The predicted molar refractivity (Wildman–Crippen MR) is 72.6 cm³/mol. The van der Waals surface area contributed by atoms with Crippen LogP contribution in [0.2, 0.25) is 5.02 Å². The highest BCUT2D eigenvalue weighted by Gasteiger charge is 2.26. The molecule has 88 valence electrons. The fourth-order valence-electron chi connectivity index (χ4n) is 2.32. The number of hydrogen-bond acceptors (Lipinski definition) is 2. The molecule has 0 spiro atoms. The van der Waals surface area contributed by atoms with Gasteiger partial charge in [0.25, 0.3) is 0 Å². The second-order valence-electron chi connectivity index (χ2n) is 4.13. The molecule has 0 saturated carbocycles. The Morgan fingerprint density at radius 3 is 3.19 bits per heavy atom. The maximum atomic E-state index is 6.19. The van der Waals surface area contributed by atoms with E-state index in [2.05, 4.69) is 25.8 Å². The molecule has 2 rings (SSSR count). The fourth-order valence-corrected chi connectivity index (χ4v) is 2.87. The molecule has 0 amide bonds. The quantitative estimate of drug-likeness (QED) is 0.785. The SMILES string of the molecule is Clc1cccnc1N1CCCC1CCCBr. The van der Waals surface area contributed by atoms with E-state index in [1.807, 2.05) is 18.3 Å². The summed E-state index contributed by atoms with van der Waals surface area (Å²) in [6, 6.07) is 4.42. The van der Waals surface area contributed by atoms with Gasteiger partial charge in [-0.25, -0.2) is 4.98 Å². The molecule has 1 aromatic heterocycles. The zero-order valence-electron chi connectivity index (χ0n) is 9.20. The molecule has 0 bridgehead atoms. The number of hydrogen-bond donors (Lipinski definition) is 0. The number of anilines is 1. The highest BCUT2D eigenvalue weighted by atomic mass is 79.9. The summed E-state index contributed by atoms with van der Waals surface area (Å²) in [6.45, 7) is 1.09. The molecule has 1 aliphatic rings. The monoisotopic (exact) mass is 302 g/mol. The van der Waals surface area contributed by atoms with Crippen LogP contribution in [0, 0.1) is 0 Å². The second kappa shape index (κ2) is 5.87. The van der Waals surface area contributed by atoms with Gasteiger partial charge in [0.1, 0.15) is 5.82 Å². The number of alkyl halides is 1. The van der Waals surface area contributed by atoms with Crippen LogP contribution in [0.1, 0.15) is 25.7 Å². The summed E-state index contributed by atoms with van der Waals surface area (Å²) in [5.74, 6) is 0.959. The molecule has 1 atom stereocenters. The first-order chi connectivity index (χ1) is 7.83. The van der Waals surface area contributed by atoms with E-state index in [4.69, 9.17) is 11.6 Å². The van der Waals surface area contributed by atoms with Crippen molar-refractivity contribution in [3.8, 4) is 0 Å². The van der Waals surface area contributed by atoms with Gasteiger partial charge in [-0.3, -0.25) is 0 Å². The number of pyridine rings is 1.